The van der Waals surface area contributed by atoms with Crippen LogP contribution in [0.2, 0.25) is 0 Å². The monoisotopic (exact) mass is 316 g/mol. The van der Waals surface area contributed by atoms with Crippen LogP contribution in [-0.2, 0) is 6.42 Å². The number of pyridine rings is 1. The number of nitrogens with zero attached hydrogens (tertiary/aromatic N) is 5. The maximum Gasteiger partial charge on any atom is 0.224 e. The van der Waals surface area contributed by atoms with Crippen molar-refractivity contribution in [2.75, 3.05) is 11.9 Å². The molecule has 1 aromatic carbocycles. The highest BCUT2D eigenvalue weighted by Crippen LogP contribution is 2.16. The average molecular weight is 316 g/mol. The second-order valence-corrected chi connectivity index (χ2v) is 5.37. The van der Waals surface area contributed by atoms with Crippen molar-refractivity contribution in [3.8, 4) is 5.82 Å². The van der Waals surface area contributed by atoms with Gasteiger partial charge in [0.25, 0.3) is 0 Å². The first kappa shape index (κ1) is 14.3. The molecule has 0 aliphatic carbocycles. The largest absolute Gasteiger partial charge is 0.354 e. The fourth-order valence-corrected chi connectivity index (χ4v) is 2.58. The van der Waals surface area contributed by atoms with Crippen molar-refractivity contribution in [2.24, 2.45) is 0 Å². The molecule has 0 amide bonds. The van der Waals surface area contributed by atoms with Crippen molar-refractivity contribution < 1.29 is 0 Å². The SMILES string of the molecule is c1ccc2c(c1)ncn2-c1ccnc(NCCc2ccncc2)n1. The Hall–Kier alpha value is -3.28. The second-order valence-electron chi connectivity index (χ2n) is 5.37. The second kappa shape index (κ2) is 6.45. The molecule has 0 fully saturated rings. The lowest BCUT2D eigenvalue weighted by atomic mass is 10.2. The van der Waals surface area contributed by atoms with Crippen LogP contribution in [0, 0.1) is 0 Å². The quantitative estimate of drug-likeness (QED) is 0.613. The minimum Gasteiger partial charge on any atom is -0.354 e. The van der Waals surface area contributed by atoms with E-state index in [9.17, 15) is 0 Å². The number of rotatable bonds is 5. The van der Waals surface area contributed by atoms with E-state index in [2.05, 4.69) is 25.3 Å². The van der Waals surface area contributed by atoms with Gasteiger partial charge in [-0.3, -0.25) is 9.55 Å². The summed E-state index contributed by atoms with van der Waals surface area (Å²) < 4.78 is 1.96. The molecule has 0 atom stereocenters. The zero-order valence-corrected chi connectivity index (χ0v) is 13.0. The molecule has 4 aromatic rings. The van der Waals surface area contributed by atoms with Gasteiger partial charge in [0.1, 0.15) is 12.1 Å². The predicted octanol–water partition coefficient (Wildman–Crippen LogP) is 2.87. The fraction of sp³-hybridized carbons (Fsp3) is 0.111. The highest BCUT2D eigenvalue weighted by Gasteiger charge is 2.06. The summed E-state index contributed by atoms with van der Waals surface area (Å²) in [6.07, 6.45) is 8.04. The Kier molecular flexibility index (Phi) is 3.85. The van der Waals surface area contributed by atoms with Crippen LogP contribution in [0.1, 0.15) is 5.56 Å². The molecule has 0 radical (unpaired) electrons. The van der Waals surface area contributed by atoms with Gasteiger partial charge in [-0.2, -0.15) is 4.98 Å². The van der Waals surface area contributed by atoms with Crippen LogP contribution in [0.3, 0.4) is 0 Å². The third-order valence-electron chi connectivity index (χ3n) is 3.79. The van der Waals surface area contributed by atoms with E-state index in [0.717, 1.165) is 29.8 Å². The van der Waals surface area contributed by atoms with E-state index in [1.165, 1.54) is 5.56 Å². The van der Waals surface area contributed by atoms with Gasteiger partial charge in [-0.05, 0) is 42.3 Å². The molecule has 0 saturated heterocycles. The van der Waals surface area contributed by atoms with E-state index >= 15 is 0 Å². The fourth-order valence-electron chi connectivity index (χ4n) is 2.58. The van der Waals surface area contributed by atoms with Gasteiger partial charge in [0.05, 0.1) is 11.0 Å². The molecule has 24 heavy (non-hydrogen) atoms. The Morgan fingerprint density at radius 2 is 1.79 bits per heavy atom. The van der Waals surface area contributed by atoms with Gasteiger partial charge in [0.2, 0.25) is 5.95 Å². The van der Waals surface area contributed by atoms with Crippen LogP contribution in [0.4, 0.5) is 5.95 Å². The van der Waals surface area contributed by atoms with Crippen LogP contribution in [-0.4, -0.2) is 31.0 Å². The standard InChI is InChI=1S/C18H16N6/c1-2-4-16-15(3-1)22-13-24(16)17-8-12-21-18(23-17)20-11-7-14-5-9-19-10-6-14/h1-6,8-10,12-13H,7,11H2,(H,20,21,23). The zero-order chi connectivity index (χ0) is 16.2. The molecule has 0 spiro atoms. The highest BCUT2D eigenvalue weighted by atomic mass is 15.2. The van der Waals surface area contributed by atoms with E-state index in [4.69, 9.17) is 0 Å². The Morgan fingerprint density at radius 1 is 0.917 bits per heavy atom. The first-order valence-corrected chi connectivity index (χ1v) is 7.78. The molecule has 118 valence electrons. The Morgan fingerprint density at radius 3 is 2.71 bits per heavy atom. The van der Waals surface area contributed by atoms with Crippen LogP contribution in [0.5, 0.6) is 0 Å². The van der Waals surface area contributed by atoms with Gasteiger partial charge in [0.15, 0.2) is 0 Å². The van der Waals surface area contributed by atoms with Crippen LogP contribution in [0.25, 0.3) is 16.9 Å². The van der Waals surface area contributed by atoms with Gasteiger partial charge in [-0.15, -0.1) is 0 Å². The van der Waals surface area contributed by atoms with Gasteiger partial charge in [0, 0.05) is 25.1 Å². The lowest BCUT2D eigenvalue weighted by Crippen LogP contribution is -2.09. The number of anilines is 1. The molecule has 0 saturated carbocycles. The summed E-state index contributed by atoms with van der Waals surface area (Å²) in [6.45, 7) is 0.762. The maximum atomic E-state index is 4.58. The molecule has 0 aliphatic heterocycles. The number of para-hydroxylation sites is 2. The lowest BCUT2D eigenvalue weighted by Gasteiger charge is -2.07. The highest BCUT2D eigenvalue weighted by molar-refractivity contribution is 5.76. The van der Waals surface area contributed by atoms with Gasteiger partial charge < -0.3 is 5.32 Å². The number of hydrogen-bond acceptors (Lipinski definition) is 5. The summed E-state index contributed by atoms with van der Waals surface area (Å²) in [4.78, 5) is 17.3. The summed E-state index contributed by atoms with van der Waals surface area (Å²) in [5.41, 5.74) is 3.21. The molecule has 4 rings (SSSR count). The molecule has 0 aliphatic rings. The van der Waals surface area contributed by atoms with E-state index < -0.39 is 0 Å². The van der Waals surface area contributed by atoms with Crippen LogP contribution in [0.15, 0.2) is 67.4 Å². The van der Waals surface area contributed by atoms with Gasteiger partial charge in [-0.1, -0.05) is 12.1 Å². The molecule has 6 nitrogen and oxygen atoms in total. The molecular formula is C18H16N6. The topological polar surface area (TPSA) is 68.5 Å². The minimum absolute atomic E-state index is 0.610. The Labute approximate surface area is 139 Å². The van der Waals surface area contributed by atoms with Crippen molar-refractivity contribution >= 4 is 17.0 Å². The van der Waals surface area contributed by atoms with Crippen molar-refractivity contribution in [3.05, 3.63) is 72.9 Å². The third-order valence-corrected chi connectivity index (χ3v) is 3.79. The third kappa shape index (κ3) is 2.94. The molecule has 6 heteroatoms. The summed E-state index contributed by atoms with van der Waals surface area (Å²) in [6, 6.07) is 13.9. The van der Waals surface area contributed by atoms with E-state index in [1.54, 1.807) is 24.9 Å². The van der Waals surface area contributed by atoms with Gasteiger partial charge in [-0.25, -0.2) is 9.97 Å². The first-order valence-electron chi connectivity index (χ1n) is 7.78. The molecule has 0 bridgehead atoms. The first-order chi connectivity index (χ1) is 11.9. The maximum absolute atomic E-state index is 4.58. The minimum atomic E-state index is 0.610. The number of imidazole rings is 1. The van der Waals surface area contributed by atoms with E-state index in [0.29, 0.717) is 5.95 Å². The predicted molar refractivity (Wildman–Crippen MR) is 93.1 cm³/mol. The number of nitrogens with one attached hydrogen (secondary N) is 1. The molecule has 0 unspecified atom stereocenters. The normalized spacial score (nSPS) is 10.8. The Bertz CT molecular complexity index is 948. The van der Waals surface area contributed by atoms with E-state index in [1.807, 2.05) is 47.0 Å². The summed E-state index contributed by atoms with van der Waals surface area (Å²) >= 11 is 0. The number of aromatic nitrogens is 5. The average Bonchev–Trinajstić information content (AvgIpc) is 3.07. The molecule has 3 aromatic heterocycles. The van der Waals surface area contributed by atoms with Crippen molar-refractivity contribution in [1.29, 1.82) is 0 Å². The van der Waals surface area contributed by atoms with Crippen molar-refractivity contribution in [1.82, 2.24) is 24.5 Å². The molecular weight excluding hydrogens is 300 g/mol. The smallest absolute Gasteiger partial charge is 0.224 e. The number of hydrogen-bond donors (Lipinski definition) is 1. The number of fused-ring (bicyclic) bond motifs is 1. The lowest BCUT2D eigenvalue weighted by molar-refractivity contribution is 0.951. The summed E-state index contributed by atoms with van der Waals surface area (Å²) in [5, 5.41) is 3.27. The van der Waals surface area contributed by atoms with Crippen molar-refractivity contribution in [3.63, 3.8) is 0 Å². The Balaban J connectivity index is 1.51. The molecule has 1 N–H and O–H groups in total. The van der Waals surface area contributed by atoms with Crippen LogP contribution < -0.4 is 5.32 Å². The number of benzene rings is 1. The van der Waals surface area contributed by atoms with Gasteiger partial charge >= 0.3 is 0 Å². The summed E-state index contributed by atoms with van der Waals surface area (Å²) in [7, 11) is 0. The summed E-state index contributed by atoms with van der Waals surface area (Å²) in [5.74, 6) is 1.41. The molecule has 3 heterocycles. The van der Waals surface area contributed by atoms with Crippen molar-refractivity contribution in [2.45, 2.75) is 6.42 Å². The van der Waals surface area contributed by atoms with E-state index in [-0.39, 0.29) is 0 Å². The van der Waals surface area contributed by atoms with Crippen LogP contribution >= 0.6 is 0 Å². The zero-order valence-electron chi connectivity index (χ0n) is 13.0.